The molecule has 17 heavy (non-hydrogen) atoms. The van der Waals surface area contributed by atoms with Gasteiger partial charge in [-0.15, -0.1) is 0 Å². The summed E-state index contributed by atoms with van der Waals surface area (Å²) in [5.41, 5.74) is 2.32. The molecule has 0 amide bonds. The van der Waals surface area contributed by atoms with Crippen LogP contribution in [0.4, 0.5) is 0 Å². The first-order valence-electron chi connectivity index (χ1n) is 6.10. The van der Waals surface area contributed by atoms with Crippen molar-refractivity contribution in [2.24, 2.45) is 0 Å². The summed E-state index contributed by atoms with van der Waals surface area (Å²) in [5, 5.41) is 0. The van der Waals surface area contributed by atoms with Crippen LogP contribution in [0.5, 0.6) is 0 Å². The van der Waals surface area contributed by atoms with Crippen LogP contribution in [0, 0.1) is 6.92 Å². The lowest BCUT2D eigenvalue weighted by Crippen LogP contribution is -2.31. The summed E-state index contributed by atoms with van der Waals surface area (Å²) >= 11 is 0. The predicted octanol–water partition coefficient (Wildman–Crippen LogP) is 2.48. The third-order valence-electron chi connectivity index (χ3n) is 3.39. The van der Waals surface area contributed by atoms with Crippen molar-refractivity contribution in [1.29, 1.82) is 0 Å². The summed E-state index contributed by atoms with van der Waals surface area (Å²) in [7, 11) is -3.07. The molecule has 4 heteroatoms. The topological polar surface area (TPSA) is 37.4 Å². The van der Waals surface area contributed by atoms with E-state index in [1.54, 1.807) is 11.2 Å². The van der Waals surface area contributed by atoms with Crippen molar-refractivity contribution in [2.45, 2.75) is 32.7 Å². The smallest absolute Gasteiger partial charge is 0.212 e. The first kappa shape index (κ1) is 12.6. The molecule has 2 rings (SSSR count). The van der Waals surface area contributed by atoms with Crippen LogP contribution in [0.15, 0.2) is 24.3 Å². The van der Waals surface area contributed by atoms with Crippen LogP contribution in [0.1, 0.15) is 36.9 Å². The molecule has 1 aliphatic rings. The Balaban J connectivity index is 2.29. The Morgan fingerprint density at radius 2 is 1.94 bits per heavy atom. The third kappa shape index (κ3) is 2.53. The van der Waals surface area contributed by atoms with Gasteiger partial charge in [0.1, 0.15) is 0 Å². The molecule has 0 N–H and O–H groups in total. The van der Waals surface area contributed by atoms with Crippen LogP contribution in [0.2, 0.25) is 0 Å². The van der Waals surface area contributed by atoms with E-state index >= 15 is 0 Å². The fourth-order valence-electron chi connectivity index (χ4n) is 2.36. The molecule has 0 unspecified atom stereocenters. The largest absolute Gasteiger partial charge is 0.214 e. The number of aryl methyl sites for hydroxylation is 1. The van der Waals surface area contributed by atoms with E-state index < -0.39 is 10.0 Å². The molecule has 1 aromatic rings. The zero-order valence-corrected chi connectivity index (χ0v) is 11.2. The van der Waals surface area contributed by atoms with Crippen molar-refractivity contribution >= 4 is 10.0 Å². The fourth-order valence-corrected chi connectivity index (χ4v) is 3.71. The van der Waals surface area contributed by atoms with E-state index in [0.717, 1.165) is 18.4 Å². The van der Waals surface area contributed by atoms with E-state index in [2.05, 4.69) is 0 Å². The lowest BCUT2D eigenvalue weighted by Gasteiger charge is -2.23. The van der Waals surface area contributed by atoms with Crippen LogP contribution in [-0.4, -0.2) is 25.0 Å². The van der Waals surface area contributed by atoms with E-state index in [1.807, 2.05) is 31.2 Å². The van der Waals surface area contributed by atoms with Crippen LogP contribution in [-0.2, 0) is 10.0 Å². The second-order valence-corrected chi connectivity index (χ2v) is 6.79. The highest BCUT2D eigenvalue weighted by Gasteiger charge is 2.33. The number of benzene rings is 1. The number of hydrogen-bond donors (Lipinski definition) is 0. The second-order valence-electron chi connectivity index (χ2n) is 4.58. The summed E-state index contributed by atoms with van der Waals surface area (Å²) in [6.07, 6.45) is 1.89. The van der Waals surface area contributed by atoms with Gasteiger partial charge in [0.05, 0.1) is 5.75 Å². The lowest BCUT2D eigenvalue weighted by atomic mass is 10.0. The lowest BCUT2D eigenvalue weighted by molar-refractivity contribution is 0.397. The maximum absolute atomic E-state index is 12.0. The zero-order valence-electron chi connectivity index (χ0n) is 10.4. The van der Waals surface area contributed by atoms with Gasteiger partial charge in [-0.1, -0.05) is 29.8 Å². The average molecular weight is 253 g/mol. The maximum atomic E-state index is 12.0. The Labute approximate surface area is 104 Å². The number of rotatable bonds is 3. The molecule has 1 fully saturated rings. The van der Waals surface area contributed by atoms with Gasteiger partial charge in [0.2, 0.25) is 10.0 Å². The molecule has 0 aromatic heterocycles. The highest BCUT2D eigenvalue weighted by atomic mass is 32.2. The normalized spacial score (nSPS) is 21.9. The molecule has 3 nitrogen and oxygen atoms in total. The van der Waals surface area contributed by atoms with Crippen LogP contribution >= 0.6 is 0 Å². The molecule has 1 saturated heterocycles. The summed E-state index contributed by atoms with van der Waals surface area (Å²) < 4.78 is 25.6. The minimum atomic E-state index is -3.07. The van der Waals surface area contributed by atoms with Crippen molar-refractivity contribution in [2.75, 3.05) is 12.3 Å². The number of nitrogens with zero attached hydrogens (tertiary/aromatic N) is 1. The fraction of sp³-hybridized carbons (Fsp3) is 0.538. The maximum Gasteiger partial charge on any atom is 0.214 e. The number of sulfonamides is 1. The van der Waals surface area contributed by atoms with Crippen molar-refractivity contribution in [3.63, 3.8) is 0 Å². The summed E-state index contributed by atoms with van der Waals surface area (Å²) in [5.74, 6) is 0.190. The molecular weight excluding hydrogens is 234 g/mol. The molecule has 0 saturated carbocycles. The molecule has 1 atom stereocenters. The molecule has 0 spiro atoms. The molecule has 0 radical (unpaired) electrons. The quantitative estimate of drug-likeness (QED) is 0.830. The Morgan fingerprint density at radius 1 is 1.29 bits per heavy atom. The molecule has 1 aliphatic heterocycles. The standard InChI is InChI=1S/C13H19NO2S/c1-3-17(15,16)14-10-4-5-13(14)12-8-6-11(2)7-9-12/h6-9,13H,3-5,10H2,1-2H3/t13-/m0/s1. The summed E-state index contributed by atoms with van der Waals surface area (Å²) in [4.78, 5) is 0. The van der Waals surface area contributed by atoms with Crippen LogP contribution in [0.25, 0.3) is 0 Å². The van der Waals surface area contributed by atoms with Gasteiger partial charge in [0.15, 0.2) is 0 Å². The Morgan fingerprint density at radius 3 is 2.53 bits per heavy atom. The summed E-state index contributed by atoms with van der Waals surface area (Å²) in [6.45, 7) is 4.41. The average Bonchev–Trinajstić information content (AvgIpc) is 2.80. The number of hydrogen-bond acceptors (Lipinski definition) is 2. The van der Waals surface area contributed by atoms with Crippen molar-refractivity contribution in [3.8, 4) is 0 Å². The minimum Gasteiger partial charge on any atom is -0.212 e. The van der Waals surface area contributed by atoms with Crippen LogP contribution in [0.3, 0.4) is 0 Å². The zero-order chi connectivity index (χ0) is 12.5. The van der Waals surface area contributed by atoms with E-state index in [9.17, 15) is 8.42 Å². The molecule has 0 aliphatic carbocycles. The van der Waals surface area contributed by atoms with Crippen molar-refractivity contribution < 1.29 is 8.42 Å². The molecule has 1 aromatic carbocycles. The van der Waals surface area contributed by atoms with E-state index in [4.69, 9.17) is 0 Å². The predicted molar refractivity (Wildman–Crippen MR) is 69.3 cm³/mol. The van der Waals surface area contributed by atoms with E-state index in [-0.39, 0.29) is 11.8 Å². The second kappa shape index (κ2) is 4.78. The third-order valence-corrected chi connectivity index (χ3v) is 5.27. The molecular formula is C13H19NO2S. The van der Waals surface area contributed by atoms with Crippen molar-refractivity contribution in [1.82, 2.24) is 4.31 Å². The molecule has 94 valence electrons. The minimum absolute atomic E-state index is 0.0422. The highest BCUT2D eigenvalue weighted by molar-refractivity contribution is 7.89. The van der Waals surface area contributed by atoms with Gasteiger partial charge in [0.25, 0.3) is 0 Å². The van der Waals surface area contributed by atoms with Gasteiger partial charge in [-0.05, 0) is 32.3 Å². The van der Waals surface area contributed by atoms with E-state index in [1.165, 1.54) is 5.56 Å². The molecule has 1 heterocycles. The van der Waals surface area contributed by atoms with E-state index in [0.29, 0.717) is 6.54 Å². The van der Waals surface area contributed by atoms with Gasteiger partial charge in [-0.25, -0.2) is 8.42 Å². The monoisotopic (exact) mass is 253 g/mol. The Bertz CT molecular complexity index is 479. The Hall–Kier alpha value is -0.870. The molecule has 0 bridgehead atoms. The Kier molecular flexibility index (Phi) is 3.54. The van der Waals surface area contributed by atoms with Gasteiger partial charge >= 0.3 is 0 Å². The van der Waals surface area contributed by atoms with Crippen molar-refractivity contribution in [3.05, 3.63) is 35.4 Å². The highest BCUT2D eigenvalue weighted by Crippen LogP contribution is 2.34. The summed E-state index contributed by atoms with van der Waals surface area (Å²) in [6, 6.07) is 8.22. The van der Waals surface area contributed by atoms with Gasteiger partial charge < -0.3 is 0 Å². The SMILES string of the molecule is CCS(=O)(=O)N1CCC[C@H]1c1ccc(C)cc1. The van der Waals surface area contributed by atoms with Gasteiger partial charge in [0, 0.05) is 12.6 Å². The first-order chi connectivity index (χ1) is 8.04. The van der Waals surface area contributed by atoms with Gasteiger partial charge in [-0.2, -0.15) is 4.31 Å². The first-order valence-corrected chi connectivity index (χ1v) is 7.71. The van der Waals surface area contributed by atoms with Gasteiger partial charge in [-0.3, -0.25) is 0 Å². The van der Waals surface area contributed by atoms with Crippen LogP contribution < -0.4 is 0 Å².